The first-order chi connectivity index (χ1) is 10.6. The van der Waals surface area contributed by atoms with Gasteiger partial charge in [0.25, 0.3) is 0 Å². The zero-order chi connectivity index (χ0) is 15.6. The molecule has 0 saturated carbocycles. The maximum absolute atomic E-state index is 12.3. The van der Waals surface area contributed by atoms with Gasteiger partial charge in [-0.05, 0) is 43.6 Å². The molecule has 0 radical (unpaired) electrons. The molecule has 2 heterocycles. The van der Waals surface area contributed by atoms with Gasteiger partial charge < -0.3 is 20.1 Å². The molecule has 1 saturated heterocycles. The lowest BCUT2D eigenvalue weighted by Crippen LogP contribution is -2.42. The van der Waals surface area contributed by atoms with Gasteiger partial charge in [-0.25, -0.2) is 0 Å². The summed E-state index contributed by atoms with van der Waals surface area (Å²) in [6, 6.07) is 6.00. The summed E-state index contributed by atoms with van der Waals surface area (Å²) in [5, 5.41) is 6.41. The van der Waals surface area contributed by atoms with Crippen molar-refractivity contribution in [1.29, 1.82) is 0 Å². The van der Waals surface area contributed by atoms with Crippen molar-refractivity contribution in [3.8, 4) is 11.5 Å². The molecule has 1 amide bonds. The van der Waals surface area contributed by atoms with Gasteiger partial charge in [-0.1, -0.05) is 19.9 Å². The lowest BCUT2D eigenvalue weighted by Gasteiger charge is -2.28. The Kier molecular flexibility index (Phi) is 4.25. The standard InChI is InChI=1S/C17H24N2O3/c1-17(2,10-19-16(20)12-5-7-18-8-6-12)13-3-4-14-15(9-13)22-11-21-14/h3-4,9,12,18H,5-8,10-11H2,1-2H3,(H,19,20). The number of amides is 1. The van der Waals surface area contributed by atoms with E-state index in [-0.39, 0.29) is 24.0 Å². The summed E-state index contributed by atoms with van der Waals surface area (Å²) in [4.78, 5) is 12.3. The minimum absolute atomic E-state index is 0.147. The first-order valence-electron chi connectivity index (χ1n) is 7.95. The van der Waals surface area contributed by atoms with E-state index in [1.807, 2.05) is 18.2 Å². The van der Waals surface area contributed by atoms with Crippen LogP contribution in [0.3, 0.4) is 0 Å². The zero-order valence-electron chi connectivity index (χ0n) is 13.3. The molecule has 0 unspecified atom stereocenters. The van der Waals surface area contributed by atoms with Crippen molar-refractivity contribution >= 4 is 5.91 Å². The fraction of sp³-hybridized carbons (Fsp3) is 0.588. The van der Waals surface area contributed by atoms with Crippen molar-refractivity contribution < 1.29 is 14.3 Å². The fourth-order valence-corrected chi connectivity index (χ4v) is 2.96. The highest BCUT2D eigenvalue weighted by molar-refractivity contribution is 5.78. The zero-order valence-corrected chi connectivity index (χ0v) is 13.3. The first-order valence-corrected chi connectivity index (χ1v) is 7.95. The highest BCUT2D eigenvalue weighted by atomic mass is 16.7. The van der Waals surface area contributed by atoms with Gasteiger partial charge in [-0.3, -0.25) is 4.79 Å². The molecule has 0 atom stereocenters. The van der Waals surface area contributed by atoms with Crippen molar-refractivity contribution in [1.82, 2.24) is 10.6 Å². The number of hydrogen-bond acceptors (Lipinski definition) is 4. The smallest absolute Gasteiger partial charge is 0.231 e. The van der Waals surface area contributed by atoms with E-state index in [1.165, 1.54) is 0 Å². The highest BCUT2D eigenvalue weighted by Crippen LogP contribution is 2.36. The maximum Gasteiger partial charge on any atom is 0.231 e. The van der Waals surface area contributed by atoms with Gasteiger partial charge in [0.2, 0.25) is 12.7 Å². The maximum atomic E-state index is 12.3. The number of benzene rings is 1. The number of nitrogens with one attached hydrogen (secondary N) is 2. The second-order valence-corrected chi connectivity index (χ2v) is 6.69. The number of piperidine rings is 1. The largest absolute Gasteiger partial charge is 0.454 e. The summed E-state index contributed by atoms with van der Waals surface area (Å²) in [7, 11) is 0. The van der Waals surface area contributed by atoms with Crippen molar-refractivity contribution in [3.05, 3.63) is 23.8 Å². The van der Waals surface area contributed by atoms with E-state index in [9.17, 15) is 4.79 Å². The van der Waals surface area contributed by atoms with Crippen LogP contribution in [0.5, 0.6) is 11.5 Å². The van der Waals surface area contributed by atoms with Crippen molar-refractivity contribution in [2.75, 3.05) is 26.4 Å². The average molecular weight is 304 g/mol. The number of carbonyl (C=O) groups is 1. The van der Waals surface area contributed by atoms with Crippen LogP contribution >= 0.6 is 0 Å². The van der Waals surface area contributed by atoms with E-state index in [2.05, 4.69) is 24.5 Å². The molecular weight excluding hydrogens is 280 g/mol. The summed E-state index contributed by atoms with van der Waals surface area (Å²) in [5.74, 6) is 1.90. The lowest BCUT2D eigenvalue weighted by molar-refractivity contribution is -0.125. The Labute approximate surface area is 131 Å². The number of hydrogen-bond donors (Lipinski definition) is 2. The van der Waals surface area contributed by atoms with Crippen molar-refractivity contribution in [2.24, 2.45) is 5.92 Å². The third kappa shape index (κ3) is 3.19. The number of rotatable bonds is 4. The van der Waals surface area contributed by atoms with E-state index in [0.717, 1.165) is 43.0 Å². The van der Waals surface area contributed by atoms with Crippen molar-refractivity contribution in [2.45, 2.75) is 32.1 Å². The van der Waals surface area contributed by atoms with E-state index < -0.39 is 0 Å². The normalized spacial score (nSPS) is 18.3. The SMILES string of the molecule is CC(C)(CNC(=O)C1CCNCC1)c1ccc2c(c1)OCO2. The number of ether oxygens (including phenoxy) is 2. The summed E-state index contributed by atoms with van der Waals surface area (Å²) in [5.41, 5.74) is 0.992. The molecule has 1 aromatic carbocycles. The third-order valence-corrected chi connectivity index (χ3v) is 4.57. The van der Waals surface area contributed by atoms with E-state index >= 15 is 0 Å². The molecule has 0 aromatic heterocycles. The van der Waals surface area contributed by atoms with Crippen LogP contribution in [0, 0.1) is 5.92 Å². The van der Waals surface area contributed by atoms with Crippen molar-refractivity contribution in [3.63, 3.8) is 0 Å². The quantitative estimate of drug-likeness (QED) is 0.890. The van der Waals surface area contributed by atoms with Crippen LogP contribution in [-0.2, 0) is 10.2 Å². The molecule has 120 valence electrons. The van der Waals surface area contributed by atoms with Gasteiger partial charge in [0.15, 0.2) is 11.5 Å². The summed E-state index contributed by atoms with van der Waals surface area (Å²) in [6.07, 6.45) is 1.85. The molecule has 0 bridgehead atoms. The first kappa shape index (κ1) is 15.2. The minimum Gasteiger partial charge on any atom is -0.454 e. The van der Waals surface area contributed by atoms with Gasteiger partial charge in [0.1, 0.15) is 0 Å². The Hall–Kier alpha value is -1.75. The fourth-order valence-electron chi connectivity index (χ4n) is 2.96. The molecule has 2 N–H and O–H groups in total. The molecule has 2 aliphatic rings. The van der Waals surface area contributed by atoms with E-state index in [1.54, 1.807) is 0 Å². The Bertz CT molecular complexity index is 551. The molecule has 1 fully saturated rings. The van der Waals surface area contributed by atoms with Gasteiger partial charge in [-0.15, -0.1) is 0 Å². The lowest BCUT2D eigenvalue weighted by atomic mass is 9.84. The van der Waals surface area contributed by atoms with Crippen LogP contribution in [0.4, 0.5) is 0 Å². The van der Waals surface area contributed by atoms with Crippen LogP contribution in [0.2, 0.25) is 0 Å². The van der Waals surface area contributed by atoms with Crippen LogP contribution in [0.1, 0.15) is 32.3 Å². The Morgan fingerprint density at radius 3 is 2.77 bits per heavy atom. The molecule has 5 heteroatoms. The van der Waals surface area contributed by atoms with Crippen LogP contribution in [0.15, 0.2) is 18.2 Å². The Morgan fingerprint density at radius 1 is 1.27 bits per heavy atom. The second kappa shape index (κ2) is 6.16. The van der Waals surface area contributed by atoms with Gasteiger partial charge in [-0.2, -0.15) is 0 Å². The predicted octanol–water partition coefficient (Wildman–Crippen LogP) is 1.81. The van der Waals surface area contributed by atoms with E-state index in [4.69, 9.17) is 9.47 Å². The Balaban J connectivity index is 1.61. The minimum atomic E-state index is -0.149. The van der Waals surface area contributed by atoms with Gasteiger partial charge in [0, 0.05) is 17.9 Å². The molecule has 0 aliphatic carbocycles. The molecule has 2 aliphatic heterocycles. The summed E-state index contributed by atoms with van der Waals surface area (Å²) in [6.45, 7) is 7.04. The summed E-state index contributed by atoms with van der Waals surface area (Å²) >= 11 is 0. The number of carbonyl (C=O) groups excluding carboxylic acids is 1. The topological polar surface area (TPSA) is 59.6 Å². The monoisotopic (exact) mass is 304 g/mol. The molecule has 22 heavy (non-hydrogen) atoms. The number of fused-ring (bicyclic) bond motifs is 1. The van der Waals surface area contributed by atoms with Gasteiger partial charge >= 0.3 is 0 Å². The van der Waals surface area contributed by atoms with Crippen LogP contribution in [-0.4, -0.2) is 32.3 Å². The average Bonchev–Trinajstić information content (AvgIpc) is 3.01. The second-order valence-electron chi connectivity index (χ2n) is 6.69. The van der Waals surface area contributed by atoms with E-state index in [0.29, 0.717) is 6.54 Å². The van der Waals surface area contributed by atoms with Crippen LogP contribution < -0.4 is 20.1 Å². The molecule has 3 rings (SSSR count). The van der Waals surface area contributed by atoms with Crippen LogP contribution in [0.25, 0.3) is 0 Å². The molecule has 0 spiro atoms. The van der Waals surface area contributed by atoms with Gasteiger partial charge in [0.05, 0.1) is 0 Å². The predicted molar refractivity (Wildman–Crippen MR) is 84.2 cm³/mol. The molecular formula is C17H24N2O3. The molecule has 5 nitrogen and oxygen atoms in total. The third-order valence-electron chi connectivity index (χ3n) is 4.57. The Morgan fingerprint density at radius 2 is 2.00 bits per heavy atom. The highest BCUT2D eigenvalue weighted by Gasteiger charge is 2.27. The summed E-state index contributed by atoms with van der Waals surface area (Å²) < 4.78 is 10.8. The molecule has 1 aromatic rings.